The summed E-state index contributed by atoms with van der Waals surface area (Å²) in [5, 5.41) is 0. The monoisotopic (exact) mass is 805 g/mol. The Morgan fingerprint density at radius 2 is 0.619 bits per heavy atom. The van der Waals surface area contributed by atoms with Crippen molar-refractivity contribution in [1.82, 2.24) is 4.98 Å². The lowest BCUT2D eigenvalue weighted by Gasteiger charge is -2.12. The van der Waals surface area contributed by atoms with E-state index >= 15 is 0 Å². The van der Waals surface area contributed by atoms with Crippen molar-refractivity contribution >= 4 is 0 Å². The highest BCUT2D eigenvalue weighted by molar-refractivity contribution is 5.82. The molecule has 0 unspecified atom stereocenters. The van der Waals surface area contributed by atoms with E-state index in [0.717, 1.165) is 68.6 Å². The van der Waals surface area contributed by atoms with Crippen molar-refractivity contribution in [2.24, 2.45) is 0 Å². The Bertz CT molecular complexity index is 3240. The van der Waals surface area contributed by atoms with Crippen molar-refractivity contribution in [3.63, 3.8) is 0 Å². The maximum Gasteiger partial charge on any atom is 0.0934 e. The molecule has 1 heteroatoms. The Morgan fingerprint density at radius 1 is 0.333 bits per heavy atom. The molecule has 0 atom stereocenters. The zero-order valence-corrected chi connectivity index (χ0v) is 36.2. The van der Waals surface area contributed by atoms with Gasteiger partial charge in [0.05, 0.1) is 5.69 Å². The fraction of sp³-hybridized carbons (Fsp3) is 0.0968. The molecule has 22 aliphatic carbocycles. The van der Waals surface area contributed by atoms with Gasteiger partial charge in [0.15, 0.2) is 0 Å². The van der Waals surface area contributed by atoms with Crippen molar-refractivity contribution < 1.29 is 0 Å². The van der Waals surface area contributed by atoms with Crippen molar-refractivity contribution in [3.8, 4) is 113 Å². The number of aromatic nitrogens is 1. The van der Waals surface area contributed by atoms with E-state index in [4.69, 9.17) is 0 Å². The zero-order chi connectivity index (χ0) is 42.9. The van der Waals surface area contributed by atoms with Crippen LogP contribution in [0.5, 0.6) is 0 Å². The van der Waals surface area contributed by atoms with Gasteiger partial charge in [-0.15, -0.1) is 5.92 Å². The molecule has 0 fully saturated rings. The van der Waals surface area contributed by atoms with Gasteiger partial charge in [0.1, 0.15) is 0 Å². The number of H-pyrrole nitrogens is 1. The average Bonchev–Trinajstić information content (AvgIpc) is 3.67. The Morgan fingerprint density at radius 3 is 0.937 bits per heavy atom. The van der Waals surface area contributed by atoms with Crippen LogP contribution in [-0.4, -0.2) is 4.98 Å². The van der Waals surface area contributed by atoms with Crippen molar-refractivity contribution in [2.75, 3.05) is 0 Å². The van der Waals surface area contributed by atoms with Crippen LogP contribution in [0.25, 0.3) is 89.0 Å². The predicted octanol–water partition coefficient (Wildman–Crippen LogP) is 15.9. The van der Waals surface area contributed by atoms with E-state index in [0.29, 0.717) is 0 Å². The second-order valence-electron chi connectivity index (χ2n) is 16.4. The summed E-state index contributed by atoms with van der Waals surface area (Å²) < 4.78 is 0. The van der Waals surface area contributed by atoms with Gasteiger partial charge in [-0.2, -0.15) is 0 Å². The predicted molar refractivity (Wildman–Crippen MR) is 266 cm³/mol. The molecule has 31 rings (SSSR count). The molecule has 16 bridgehead atoms. The minimum absolute atomic E-state index is 0.951. The quantitative estimate of drug-likeness (QED) is 0.168. The van der Waals surface area contributed by atoms with Crippen LogP contribution in [0.15, 0.2) is 182 Å². The third-order valence-electron chi connectivity index (χ3n) is 12.7. The van der Waals surface area contributed by atoms with E-state index in [-0.39, 0.29) is 0 Å². The maximum atomic E-state index is 3.64. The first kappa shape index (κ1) is 39.3. The topological polar surface area (TPSA) is 15.8 Å². The minimum atomic E-state index is 0.951. The molecular formula is C62H47N. The molecule has 1 N–H and O–H groups in total. The maximum absolute atomic E-state index is 3.64. The van der Waals surface area contributed by atoms with Gasteiger partial charge < -0.3 is 4.98 Å². The van der Waals surface area contributed by atoms with Gasteiger partial charge in [0.25, 0.3) is 0 Å². The molecule has 0 amide bonds. The van der Waals surface area contributed by atoms with Crippen LogP contribution in [0.4, 0.5) is 0 Å². The molecule has 63 heavy (non-hydrogen) atoms. The van der Waals surface area contributed by atoms with E-state index in [2.05, 4.69) is 231 Å². The van der Waals surface area contributed by atoms with Crippen molar-refractivity contribution in [3.05, 3.63) is 216 Å². The van der Waals surface area contributed by atoms with E-state index in [1.165, 1.54) is 66.9 Å². The van der Waals surface area contributed by atoms with Gasteiger partial charge in [-0.05, 0) is 145 Å². The molecule has 0 spiro atoms. The summed E-state index contributed by atoms with van der Waals surface area (Å²) in [5.41, 5.74) is 25.6. The lowest BCUT2D eigenvalue weighted by molar-refractivity contribution is 1.04. The molecule has 0 radical (unpaired) electrons. The van der Waals surface area contributed by atoms with Crippen molar-refractivity contribution in [1.29, 1.82) is 0 Å². The summed E-state index contributed by atoms with van der Waals surface area (Å²) in [5.74, 6) is 13.8. The van der Waals surface area contributed by atoms with Crippen LogP contribution in [-0.2, 0) is 12.8 Å². The molecule has 0 saturated carbocycles. The Hall–Kier alpha value is -7.84. The molecule has 1 heterocycles. The normalized spacial score (nSPS) is 11.0. The summed E-state index contributed by atoms with van der Waals surface area (Å²) in [6.07, 6.45) is 1.95. The van der Waals surface area contributed by atoms with E-state index in [9.17, 15) is 0 Å². The van der Waals surface area contributed by atoms with E-state index in [1.54, 1.807) is 0 Å². The fourth-order valence-corrected chi connectivity index (χ4v) is 9.22. The SMILES string of the molecule is CC#Cc1cc2ccc1-c1ccc(cc1)-c1ccc(cc1)-c1ccc(cc1)-c1ccc(c(C#Cc3[nH]c(C)c(CC)c3CC)c1)-c1ccc(cc1)-c1ccc(cc1)-c1ccc-2cc1. The van der Waals surface area contributed by atoms with Gasteiger partial charge >= 0.3 is 0 Å². The Balaban J connectivity index is 1.07. The molecule has 300 valence electrons. The largest absolute Gasteiger partial charge is 0.352 e. The third kappa shape index (κ3) is 7.72. The number of hydrogen-bond acceptors (Lipinski definition) is 0. The summed E-state index contributed by atoms with van der Waals surface area (Å²) >= 11 is 0. The summed E-state index contributed by atoms with van der Waals surface area (Å²) in [6.45, 7) is 8.51. The van der Waals surface area contributed by atoms with Gasteiger partial charge in [-0.1, -0.05) is 196 Å². The molecule has 0 aliphatic heterocycles. The second-order valence-corrected chi connectivity index (χ2v) is 16.4. The van der Waals surface area contributed by atoms with Crippen LogP contribution in [0.3, 0.4) is 0 Å². The molecule has 9 aromatic rings. The number of benzene rings is 8. The highest BCUT2D eigenvalue weighted by Gasteiger charge is 2.14. The Labute approximate surface area is 372 Å². The van der Waals surface area contributed by atoms with Gasteiger partial charge in [0.2, 0.25) is 0 Å². The van der Waals surface area contributed by atoms with Gasteiger partial charge in [-0.25, -0.2) is 0 Å². The van der Waals surface area contributed by atoms with Gasteiger partial charge in [0, 0.05) is 16.8 Å². The summed E-state index contributed by atoms with van der Waals surface area (Å²) in [6, 6.07) is 66.7. The van der Waals surface area contributed by atoms with Crippen LogP contribution in [0.1, 0.15) is 54.4 Å². The average molecular weight is 806 g/mol. The lowest BCUT2D eigenvalue weighted by atomic mass is 9.92. The first-order valence-electron chi connectivity index (χ1n) is 22.0. The number of aromatic amines is 1. The number of aryl methyl sites for hydroxylation is 1. The first-order chi connectivity index (χ1) is 31.0. The standard InChI is InChI=1S/C62H47N/c1-5-8-56-39-54-33-36-60(56)52-29-25-48(26-30-52)44-13-9-43(10-14-44)47-19-23-51(24-20-47)55-34-37-61(57(40-55)35-38-62-59(7-3)58(6-2)41(4)63-62)53-31-27-49(28-32-53)45-15-11-42(12-16-45)46-17-21-50(54)22-18-46/h9-34,36-37,39-40,63H,6-7H2,1-4H3. The highest BCUT2D eigenvalue weighted by atomic mass is 14.7. The summed E-state index contributed by atoms with van der Waals surface area (Å²) in [7, 11) is 0. The minimum Gasteiger partial charge on any atom is -0.352 e. The smallest absolute Gasteiger partial charge is 0.0934 e. The third-order valence-corrected chi connectivity index (χ3v) is 12.7. The molecule has 1 nitrogen and oxygen atoms in total. The zero-order valence-electron chi connectivity index (χ0n) is 36.2. The lowest BCUT2D eigenvalue weighted by Crippen LogP contribution is -1.90. The van der Waals surface area contributed by atoms with Crippen LogP contribution in [0, 0.1) is 30.6 Å². The highest BCUT2D eigenvalue weighted by Crippen LogP contribution is 2.35. The fourth-order valence-electron chi connectivity index (χ4n) is 9.22. The molecule has 0 saturated heterocycles. The molecule has 22 aliphatic rings. The van der Waals surface area contributed by atoms with E-state index in [1.807, 2.05) is 6.92 Å². The second kappa shape index (κ2) is 16.9. The van der Waals surface area contributed by atoms with Crippen LogP contribution >= 0.6 is 0 Å². The number of nitrogens with one attached hydrogen (secondary N) is 1. The van der Waals surface area contributed by atoms with Crippen LogP contribution < -0.4 is 0 Å². The first-order valence-corrected chi connectivity index (χ1v) is 22.0. The molecule has 1 aromatic heterocycles. The molecular weight excluding hydrogens is 759 g/mol. The van der Waals surface area contributed by atoms with Gasteiger partial charge in [-0.3, -0.25) is 0 Å². The summed E-state index contributed by atoms with van der Waals surface area (Å²) in [4.78, 5) is 3.60. The van der Waals surface area contributed by atoms with Crippen LogP contribution in [0.2, 0.25) is 0 Å². The van der Waals surface area contributed by atoms with E-state index < -0.39 is 0 Å². The number of hydrogen-bond donors (Lipinski definition) is 1. The van der Waals surface area contributed by atoms with Crippen molar-refractivity contribution in [2.45, 2.75) is 40.5 Å². The number of rotatable bonds is 2. The Kier molecular flexibility index (Phi) is 10.5. The molecule has 8 aromatic carbocycles.